The van der Waals surface area contributed by atoms with Gasteiger partial charge in [-0.2, -0.15) is 0 Å². The van der Waals surface area contributed by atoms with Gasteiger partial charge in [0.15, 0.2) is 0 Å². The summed E-state index contributed by atoms with van der Waals surface area (Å²) in [5, 5.41) is 1.16. The van der Waals surface area contributed by atoms with Gasteiger partial charge in [0.25, 0.3) is 0 Å². The number of rotatable bonds is 3. The predicted octanol–water partition coefficient (Wildman–Crippen LogP) is 3.55. The second-order valence-electron chi connectivity index (χ2n) is 3.66. The van der Waals surface area contributed by atoms with E-state index >= 15 is 0 Å². The molecule has 2 aromatic rings. The third-order valence-electron chi connectivity index (χ3n) is 2.38. The maximum atomic E-state index is 5.17. The third kappa shape index (κ3) is 2.40. The van der Waals surface area contributed by atoms with Gasteiger partial charge in [-0.25, -0.2) is 0 Å². The molecule has 0 saturated heterocycles. The fraction of sp³-hybridized carbons (Fsp3) is 0.214. The third-order valence-corrected chi connectivity index (χ3v) is 2.38. The predicted molar refractivity (Wildman–Crippen MR) is 67.1 cm³/mol. The smallest absolute Gasteiger partial charge is 0.0845 e. The van der Waals surface area contributed by atoms with E-state index in [1.807, 2.05) is 38.1 Å². The largest absolute Gasteiger partial charge is 0.501 e. The molecule has 0 bridgehead atoms. The van der Waals surface area contributed by atoms with E-state index in [4.69, 9.17) is 4.74 Å². The van der Waals surface area contributed by atoms with Crippen LogP contribution in [0.2, 0.25) is 0 Å². The fourth-order valence-electron chi connectivity index (χ4n) is 1.57. The quantitative estimate of drug-likeness (QED) is 0.727. The Morgan fingerprint density at radius 2 is 2.12 bits per heavy atom. The van der Waals surface area contributed by atoms with Crippen molar-refractivity contribution in [3.63, 3.8) is 0 Å². The summed E-state index contributed by atoms with van der Waals surface area (Å²) in [6.45, 7) is 4.67. The maximum Gasteiger partial charge on any atom is 0.0845 e. The van der Waals surface area contributed by atoms with Crippen LogP contribution in [0, 0.1) is 6.92 Å². The molecule has 0 radical (unpaired) electrons. The van der Waals surface area contributed by atoms with Crippen molar-refractivity contribution in [3.05, 3.63) is 47.9 Å². The molecule has 0 aliphatic rings. The number of aryl methyl sites for hydroxylation is 1. The van der Waals surface area contributed by atoms with Crippen LogP contribution in [0.1, 0.15) is 18.2 Å². The lowest BCUT2D eigenvalue weighted by Gasteiger charge is -2.00. The molecule has 0 aliphatic heterocycles. The molecular formula is C14H15NO. The molecule has 1 heterocycles. The van der Waals surface area contributed by atoms with Gasteiger partial charge in [-0.3, -0.25) is 4.98 Å². The number of hydrogen-bond acceptors (Lipinski definition) is 2. The van der Waals surface area contributed by atoms with Crippen molar-refractivity contribution < 1.29 is 4.74 Å². The Morgan fingerprint density at radius 1 is 1.25 bits per heavy atom. The highest BCUT2D eigenvalue weighted by atomic mass is 16.5. The van der Waals surface area contributed by atoms with Crippen LogP contribution in [0.4, 0.5) is 0 Å². The molecule has 16 heavy (non-hydrogen) atoms. The van der Waals surface area contributed by atoms with Gasteiger partial charge < -0.3 is 4.74 Å². The number of aromatic nitrogens is 1. The Bertz CT molecular complexity index is 517. The van der Waals surface area contributed by atoms with E-state index in [2.05, 4.69) is 17.1 Å². The molecular weight excluding hydrogens is 198 g/mol. The fourth-order valence-corrected chi connectivity index (χ4v) is 1.57. The Morgan fingerprint density at radius 3 is 2.94 bits per heavy atom. The SMILES string of the molecule is CCOC=Cc1ccc2nc(C)ccc2c1. The lowest BCUT2D eigenvalue weighted by Crippen LogP contribution is -1.83. The van der Waals surface area contributed by atoms with Gasteiger partial charge in [-0.05, 0) is 43.7 Å². The summed E-state index contributed by atoms with van der Waals surface area (Å²) >= 11 is 0. The Balaban J connectivity index is 2.33. The molecule has 0 saturated carbocycles. The molecule has 2 heteroatoms. The Labute approximate surface area is 95.6 Å². The number of pyridine rings is 1. The number of fused-ring (bicyclic) bond motifs is 1. The highest BCUT2D eigenvalue weighted by molar-refractivity contribution is 5.81. The monoisotopic (exact) mass is 213 g/mol. The molecule has 0 N–H and O–H groups in total. The second kappa shape index (κ2) is 4.79. The van der Waals surface area contributed by atoms with Crippen molar-refractivity contribution in [2.75, 3.05) is 6.61 Å². The van der Waals surface area contributed by atoms with Gasteiger partial charge in [-0.15, -0.1) is 0 Å². The van der Waals surface area contributed by atoms with Crippen LogP contribution < -0.4 is 0 Å². The van der Waals surface area contributed by atoms with E-state index in [-0.39, 0.29) is 0 Å². The molecule has 0 atom stereocenters. The zero-order valence-electron chi connectivity index (χ0n) is 9.60. The normalized spacial score (nSPS) is 11.1. The second-order valence-corrected chi connectivity index (χ2v) is 3.66. The molecule has 82 valence electrons. The first-order valence-corrected chi connectivity index (χ1v) is 5.45. The van der Waals surface area contributed by atoms with E-state index in [0.717, 1.165) is 22.2 Å². The molecule has 0 fully saturated rings. The van der Waals surface area contributed by atoms with Gasteiger partial charge in [0.05, 0.1) is 18.4 Å². The minimum atomic E-state index is 0.699. The average Bonchev–Trinajstić information content (AvgIpc) is 2.29. The van der Waals surface area contributed by atoms with Gasteiger partial charge in [0.1, 0.15) is 0 Å². The molecule has 2 rings (SSSR count). The molecule has 0 spiro atoms. The zero-order valence-corrected chi connectivity index (χ0v) is 9.60. The summed E-state index contributed by atoms with van der Waals surface area (Å²) in [7, 11) is 0. The number of hydrogen-bond donors (Lipinski definition) is 0. The topological polar surface area (TPSA) is 22.1 Å². The summed E-state index contributed by atoms with van der Waals surface area (Å²) in [5.74, 6) is 0. The maximum absolute atomic E-state index is 5.17. The van der Waals surface area contributed by atoms with Crippen LogP contribution in [-0.4, -0.2) is 11.6 Å². The van der Waals surface area contributed by atoms with Gasteiger partial charge in [-0.1, -0.05) is 12.1 Å². The van der Waals surface area contributed by atoms with Crippen molar-refractivity contribution in [1.29, 1.82) is 0 Å². The number of nitrogens with zero attached hydrogens (tertiary/aromatic N) is 1. The zero-order chi connectivity index (χ0) is 11.4. The lowest BCUT2D eigenvalue weighted by molar-refractivity contribution is 0.272. The Kier molecular flexibility index (Phi) is 3.20. The highest BCUT2D eigenvalue weighted by Crippen LogP contribution is 2.15. The lowest BCUT2D eigenvalue weighted by atomic mass is 10.1. The van der Waals surface area contributed by atoms with Gasteiger partial charge >= 0.3 is 0 Å². The van der Waals surface area contributed by atoms with E-state index < -0.39 is 0 Å². The van der Waals surface area contributed by atoms with Gasteiger partial charge in [0.2, 0.25) is 0 Å². The summed E-state index contributed by atoms with van der Waals surface area (Å²) in [6, 6.07) is 10.3. The van der Waals surface area contributed by atoms with Crippen LogP contribution >= 0.6 is 0 Å². The van der Waals surface area contributed by atoms with E-state index in [9.17, 15) is 0 Å². The summed E-state index contributed by atoms with van der Waals surface area (Å²) in [6.07, 6.45) is 3.69. The molecule has 0 amide bonds. The molecule has 0 aliphatic carbocycles. The standard InChI is InChI=1S/C14H15NO/c1-3-16-9-8-12-5-7-14-13(10-12)6-4-11(2)15-14/h4-10H,3H2,1-2H3. The van der Waals surface area contributed by atoms with Crippen molar-refractivity contribution in [3.8, 4) is 0 Å². The molecule has 0 unspecified atom stereocenters. The number of ether oxygens (including phenoxy) is 1. The summed E-state index contributed by atoms with van der Waals surface area (Å²) in [4.78, 5) is 4.46. The highest BCUT2D eigenvalue weighted by Gasteiger charge is 1.95. The first kappa shape index (κ1) is 10.7. The Hall–Kier alpha value is -1.83. The van der Waals surface area contributed by atoms with Gasteiger partial charge in [0, 0.05) is 11.1 Å². The van der Waals surface area contributed by atoms with Crippen LogP contribution in [0.25, 0.3) is 17.0 Å². The van der Waals surface area contributed by atoms with Crippen LogP contribution in [0.5, 0.6) is 0 Å². The summed E-state index contributed by atoms with van der Waals surface area (Å²) in [5.41, 5.74) is 3.21. The van der Waals surface area contributed by atoms with E-state index in [0.29, 0.717) is 6.61 Å². The van der Waals surface area contributed by atoms with E-state index in [1.165, 1.54) is 0 Å². The van der Waals surface area contributed by atoms with E-state index in [1.54, 1.807) is 6.26 Å². The molecule has 1 aromatic heterocycles. The first-order chi connectivity index (χ1) is 7.79. The van der Waals surface area contributed by atoms with Crippen molar-refractivity contribution >= 4 is 17.0 Å². The van der Waals surface area contributed by atoms with Crippen molar-refractivity contribution in [1.82, 2.24) is 4.98 Å². The van der Waals surface area contributed by atoms with Crippen LogP contribution in [-0.2, 0) is 4.74 Å². The van der Waals surface area contributed by atoms with Crippen LogP contribution in [0.15, 0.2) is 36.6 Å². The average molecular weight is 213 g/mol. The first-order valence-electron chi connectivity index (χ1n) is 5.45. The minimum Gasteiger partial charge on any atom is -0.501 e. The molecule has 1 aromatic carbocycles. The minimum absolute atomic E-state index is 0.699. The molecule has 2 nitrogen and oxygen atoms in total. The summed E-state index contributed by atoms with van der Waals surface area (Å²) < 4.78 is 5.17. The van der Waals surface area contributed by atoms with Crippen molar-refractivity contribution in [2.45, 2.75) is 13.8 Å². The van der Waals surface area contributed by atoms with Crippen LogP contribution in [0.3, 0.4) is 0 Å². The number of benzene rings is 1. The van der Waals surface area contributed by atoms with Crippen molar-refractivity contribution in [2.24, 2.45) is 0 Å².